The smallest absolute Gasteiger partial charge is 0.274 e. The number of pyridine rings is 1. The van der Waals surface area contributed by atoms with E-state index in [-0.39, 0.29) is 5.91 Å². The van der Waals surface area contributed by atoms with E-state index in [1.165, 1.54) is 11.9 Å². The van der Waals surface area contributed by atoms with Crippen LogP contribution in [0.4, 0.5) is 17.2 Å². The number of para-hydroxylation sites is 2. The average Bonchev–Trinajstić information content (AvgIpc) is 3.18. The minimum absolute atomic E-state index is 0.283. The first kappa shape index (κ1) is 16.4. The molecule has 0 fully saturated rings. The largest absolute Gasteiger partial charge is 0.326 e. The number of anilines is 3. The van der Waals surface area contributed by atoms with E-state index in [9.17, 15) is 4.79 Å². The summed E-state index contributed by atoms with van der Waals surface area (Å²) >= 11 is 0. The van der Waals surface area contributed by atoms with E-state index in [2.05, 4.69) is 37.3 Å². The number of carbonyl (C=O) groups excluding carboxylic acids is 1. The molecule has 0 bridgehead atoms. The molecule has 3 heterocycles. The second kappa shape index (κ2) is 6.74. The van der Waals surface area contributed by atoms with Crippen LogP contribution in [0.5, 0.6) is 0 Å². The third-order valence-corrected chi connectivity index (χ3v) is 4.93. The normalized spacial score (nSPS) is 12.8. The number of nitrogens with zero attached hydrogens (tertiary/aromatic N) is 4. The van der Waals surface area contributed by atoms with Gasteiger partial charge in [-0.15, -0.1) is 0 Å². The summed E-state index contributed by atoms with van der Waals surface area (Å²) in [7, 11) is 0. The number of carbonyl (C=O) groups is 1. The summed E-state index contributed by atoms with van der Waals surface area (Å²) in [5.41, 5.74) is 4.15. The molecule has 6 heteroatoms. The van der Waals surface area contributed by atoms with Crippen LogP contribution in [0.15, 0.2) is 73.2 Å². The minimum Gasteiger partial charge on any atom is -0.326 e. The molecule has 0 atom stereocenters. The number of hydrogen-bond acceptors (Lipinski definition) is 5. The first-order valence-electron chi connectivity index (χ1n) is 9.12. The molecule has 1 N–H and O–H groups in total. The van der Waals surface area contributed by atoms with Crippen LogP contribution in [0.1, 0.15) is 16.1 Å². The van der Waals surface area contributed by atoms with E-state index < -0.39 is 0 Å². The highest BCUT2D eigenvalue weighted by molar-refractivity contribution is 6.07. The van der Waals surface area contributed by atoms with E-state index in [0.717, 1.165) is 35.4 Å². The standard InChI is InChI=1S/C22H17N5O/c28-22(26-17-8-3-6-16-7-4-11-23-21(16)17)18-13-20(25-14-24-18)27-12-10-15-5-1-2-9-19(15)27/h1-9,11,13-14H,10,12H2,(H,26,28). The lowest BCUT2D eigenvalue weighted by atomic mass is 10.2. The van der Waals surface area contributed by atoms with Crippen LogP contribution in [0.3, 0.4) is 0 Å². The maximum absolute atomic E-state index is 12.8. The van der Waals surface area contributed by atoms with Gasteiger partial charge in [-0.3, -0.25) is 9.78 Å². The van der Waals surface area contributed by atoms with Crippen molar-refractivity contribution in [2.24, 2.45) is 0 Å². The zero-order valence-corrected chi connectivity index (χ0v) is 15.0. The lowest BCUT2D eigenvalue weighted by Crippen LogP contribution is -2.18. The number of aromatic nitrogens is 3. The van der Waals surface area contributed by atoms with Crippen LogP contribution < -0.4 is 10.2 Å². The van der Waals surface area contributed by atoms with Crippen molar-refractivity contribution in [2.45, 2.75) is 6.42 Å². The van der Waals surface area contributed by atoms with Gasteiger partial charge in [0.1, 0.15) is 17.8 Å². The van der Waals surface area contributed by atoms with Gasteiger partial charge < -0.3 is 10.2 Å². The fourth-order valence-electron chi connectivity index (χ4n) is 3.59. The van der Waals surface area contributed by atoms with Crippen LogP contribution >= 0.6 is 0 Å². The molecule has 0 spiro atoms. The average molecular weight is 367 g/mol. The predicted molar refractivity (Wildman–Crippen MR) is 109 cm³/mol. The lowest BCUT2D eigenvalue weighted by molar-refractivity contribution is 0.102. The molecule has 2 aromatic carbocycles. The van der Waals surface area contributed by atoms with Gasteiger partial charge in [0.15, 0.2) is 0 Å². The molecular weight excluding hydrogens is 350 g/mol. The highest BCUT2D eigenvalue weighted by Crippen LogP contribution is 2.33. The highest BCUT2D eigenvalue weighted by atomic mass is 16.1. The predicted octanol–water partition coefficient (Wildman–Crippen LogP) is 3.97. The third-order valence-electron chi connectivity index (χ3n) is 4.93. The van der Waals surface area contributed by atoms with Gasteiger partial charge in [-0.05, 0) is 30.2 Å². The molecule has 2 aromatic heterocycles. The van der Waals surface area contributed by atoms with Crippen molar-refractivity contribution in [2.75, 3.05) is 16.8 Å². The zero-order chi connectivity index (χ0) is 18.9. The van der Waals surface area contributed by atoms with Crippen LogP contribution in [0, 0.1) is 0 Å². The Morgan fingerprint density at radius 3 is 2.82 bits per heavy atom. The minimum atomic E-state index is -0.283. The van der Waals surface area contributed by atoms with Gasteiger partial charge in [-0.25, -0.2) is 9.97 Å². The van der Waals surface area contributed by atoms with Crippen LogP contribution in [-0.4, -0.2) is 27.4 Å². The number of fused-ring (bicyclic) bond motifs is 2. The molecule has 1 amide bonds. The number of benzene rings is 2. The molecule has 0 aliphatic carbocycles. The van der Waals surface area contributed by atoms with Crippen molar-refractivity contribution in [1.82, 2.24) is 15.0 Å². The SMILES string of the molecule is O=C(Nc1cccc2cccnc12)c1cc(N2CCc3ccccc32)ncn1. The molecule has 5 rings (SSSR count). The zero-order valence-electron chi connectivity index (χ0n) is 15.0. The number of rotatable bonds is 3. The Labute approximate surface area is 161 Å². The van der Waals surface area contributed by atoms with Gasteiger partial charge in [0, 0.05) is 29.9 Å². The van der Waals surface area contributed by atoms with Crippen molar-refractivity contribution in [3.63, 3.8) is 0 Å². The molecule has 1 aliphatic rings. The maximum atomic E-state index is 12.8. The summed E-state index contributed by atoms with van der Waals surface area (Å²) in [6, 6.07) is 19.5. The van der Waals surface area contributed by atoms with Crippen LogP contribution in [-0.2, 0) is 6.42 Å². The van der Waals surface area contributed by atoms with Crippen LogP contribution in [0.25, 0.3) is 10.9 Å². The first-order valence-corrected chi connectivity index (χ1v) is 9.12. The molecule has 0 unspecified atom stereocenters. The molecule has 0 saturated carbocycles. The Morgan fingerprint density at radius 1 is 0.964 bits per heavy atom. The Kier molecular flexibility index (Phi) is 3.94. The maximum Gasteiger partial charge on any atom is 0.274 e. The van der Waals surface area contributed by atoms with E-state index in [0.29, 0.717) is 11.4 Å². The Balaban J connectivity index is 1.44. The molecule has 136 valence electrons. The summed E-state index contributed by atoms with van der Waals surface area (Å²) in [6.07, 6.45) is 4.11. The quantitative estimate of drug-likeness (QED) is 0.593. The van der Waals surface area contributed by atoms with Crippen molar-refractivity contribution in [3.8, 4) is 0 Å². The molecule has 6 nitrogen and oxygen atoms in total. The van der Waals surface area contributed by atoms with Gasteiger partial charge in [-0.2, -0.15) is 0 Å². The second-order valence-corrected chi connectivity index (χ2v) is 6.63. The van der Waals surface area contributed by atoms with Gasteiger partial charge in [0.2, 0.25) is 0 Å². The first-order chi connectivity index (χ1) is 13.8. The Morgan fingerprint density at radius 2 is 1.86 bits per heavy atom. The molecule has 4 aromatic rings. The Hall–Kier alpha value is -3.80. The third kappa shape index (κ3) is 2.85. The monoisotopic (exact) mass is 367 g/mol. The van der Waals surface area contributed by atoms with Gasteiger partial charge in [-0.1, -0.05) is 36.4 Å². The number of hydrogen-bond donors (Lipinski definition) is 1. The molecule has 28 heavy (non-hydrogen) atoms. The summed E-state index contributed by atoms with van der Waals surface area (Å²) in [4.78, 5) is 27.9. The lowest BCUT2D eigenvalue weighted by Gasteiger charge is -2.18. The number of amides is 1. The van der Waals surface area contributed by atoms with Crippen molar-refractivity contribution in [1.29, 1.82) is 0 Å². The van der Waals surface area contributed by atoms with E-state index in [1.54, 1.807) is 12.3 Å². The fourth-order valence-corrected chi connectivity index (χ4v) is 3.59. The second-order valence-electron chi connectivity index (χ2n) is 6.63. The van der Waals surface area contributed by atoms with Crippen molar-refractivity contribution in [3.05, 3.63) is 84.4 Å². The molecule has 0 radical (unpaired) electrons. The number of nitrogens with one attached hydrogen (secondary N) is 1. The summed E-state index contributed by atoms with van der Waals surface area (Å²) in [6.45, 7) is 0.838. The Bertz CT molecular complexity index is 1180. The van der Waals surface area contributed by atoms with Gasteiger partial charge in [0.05, 0.1) is 11.2 Å². The van der Waals surface area contributed by atoms with Crippen molar-refractivity contribution < 1.29 is 4.79 Å². The van der Waals surface area contributed by atoms with E-state index in [1.807, 2.05) is 42.5 Å². The molecular formula is C22H17N5O. The summed E-state index contributed by atoms with van der Waals surface area (Å²) in [5, 5.41) is 3.90. The molecule has 0 saturated heterocycles. The van der Waals surface area contributed by atoms with Gasteiger partial charge >= 0.3 is 0 Å². The summed E-state index contributed by atoms with van der Waals surface area (Å²) in [5.74, 6) is 0.440. The topological polar surface area (TPSA) is 71.0 Å². The van der Waals surface area contributed by atoms with Crippen molar-refractivity contribution >= 4 is 34.0 Å². The van der Waals surface area contributed by atoms with E-state index >= 15 is 0 Å². The summed E-state index contributed by atoms with van der Waals surface area (Å²) < 4.78 is 0. The molecule has 1 aliphatic heterocycles. The highest BCUT2D eigenvalue weighted by Gasteiger charge is 2.22. The van der Waals surface area contributed by atoms with E-state index in [4.69, 9.17) is 0 Å². The van der Waals surface area contributed by atoms with Gasteiger partial charge in [0.25, 0.3) is 5.91 Å². The van der Waals surface area contributed by atoms with Crippen LogP contribution in [0.2, 0.25) is 0 Å². The fraction of sp³-hybridized carbons (Fsp3) is 0.0909.